The van der Waals surface area contributed by atoms with Gasteiger partial charge in [-0.15, -0.1) is 12.4 Å². The van der Waals surface area contributed by atoms with Crippen LogP contribution in [0.25, 0.3) is 0 Å². The topological polar surface area (TPSA) is 111 Å². The van der Waals surface area contributed by atoms with Gasteiger partial charge in [0.15, 0.2) is 0 Å². The van der Waals surface area contributed by atoms with E-state index in [2.05, 4.69) is 21.9 Å². The summed E-state index contributed by atoms with van der Waals surface area (Å²) in [6, 6.07) is 18.0. The Morgan fingerprint density at radius 2 is 1.67 bits per heavy atom. The van der Waals surface area contributed by atoms with Gasteiger partial charge in [0, 0.05) is 44.0 Å². The number of nitrogens with zero attached hydrogens (tertiary/aromatic N) is 2. The number of nitrogens with one attached hydrogen (secondary N) is 2. The Labute approximate surface area is 253 Å². The zero-order valence-electron chi connectivity index (χ0n) is 23.8. The number of phenolic OH excluding ortho intramolecular Hbond substituents is 1. The van der Waals surface area contributed by atoms with Crippen LogP contribution in [-0.4, -0.2) is 61.3 Å². The Bertz CT molecular complexity index is 1420. The first-order valence-electron chi connectivity index (χ1n) is 13.7. The second-order valence-corrected chi connectivity index (χ2v) is 12.0. The van der Waals surface area contributed by atoms with Crippen molar-refractivity contribution in [1.82, 2.24) is 9.80 Å². The molecule has 1 heterocycles. The standard InChI is InChI=1S/C30H37FN4O5S.ClH/c1-3-4-17-35(30(37)32-29-14-9-25(36)20-28(29)31)24-15-18-34(19-16-24)21-22-5-10-26(11-6-22)40-27-12-7-23(8-13-27)33-41(2,38)39;/h5-14,20,24,33,36H,3-4,15-19,21H2,1-2H3,(H,32,37);1H. The number of amides is 2. The molecule has 0 saturated carbocycles. The van der Waals surface area contributed by atoms with Crippen molar-refractivity contribution in [2.75, 3.05) is 35.9 Å². The SMILES string of the molecule is CCCCN(C(=O)Nc1ccc(O)cc1F)C1CCN(Cc2ccc(Oc3ccc(NS(C)(=O)=O)cc3)cc2)CC1.Cl. The summed E-state index contributed by atoms with van der Waals surface area (Å²) in [6.45, 7) is 5.12. The third kappa shape index (κ3) is 9.78. The first-order chi connectivity index (χ1) is 19.6. The Morgan fingerprint density at radius 3 is 2.24 bits per heavy atom. The molecular weight excluding hydrogens is 583 g/mol. The monoisotopic (exact) mass is 620 g/mol. The lowest BCUT2D eigenvalue weighted by atomic mass is 10.0. The molecular formula is C30H38ClFN4O5S. The summed E-state index contributed by atoms with van der Waals surface area (Å²) in [4.78, 5) is 17.3. The number of halogens is 2. The van der Waals surface area contributed by atoms with Crippen LogP contribution in [0.5, 0.6) is 17.2 Å². The summed E-state index contributed by atoms with van der Waals surface area (Å²) in [6.07, 6.45) is 4.55. The zero-order valence-corrected chi connectivity index (χ0v) is 25.4. The zero-order chi connectivity index (χ0) is 29.4. The van der Waals surface area contributed by atoms with Crippen LogP contribution in [0, 0.1) is 5.82 Å². The fourth-order valence-electron chi connectivity index (χ4n) is 4.82. The van der Waals surface area contributed by atoms with E-state index in [-0.39, 0.29) is 35.9 Å². The van der Waals surface area contributed by atoms with Crippen molar-refractivity contribution in [3.05, 3.63) is 78.1 Å². The largest absolute Gasteiger partial charge is 0.508 e. The van der Waals surface area contributed by atoms with Gasteiger partial charge in [0.2, 0.25) is 10.0 Å². The molecule has 4 rings (SSSR count). The fraction of sp³-hybridized carbons (Fsp3) is 0.367. The van der Waals surface area contributed by atoms with Crippen LogP contribution in [0.3, 0.4) is 0 Å². The van der Waals surface area contributed by atoms with E-state index in [1.165, 1.54) is 12.1 Å². The Balaban J connectivity index is 0.00000484. The lowest BCUT2D eigenvalue weighted by Gasteiger charge is -2.38. The van der Waals surface area contributed by atoms with E-state index < -0.39 is 15.8 Å². The molecule has 3 aromatic rings. The lowest BCUT2D eigenvalue weighted by Crippen LogP contribution is -2.49. The van der Waals surface area contributed by atoms with E-state index in [1.54, 1.807) is 24.3 Å². The lowest BCUT2D eigenvalue weighted by molar-refractivity contribution is 0.122. The van der Waals surface area contributed by atoms with Crippen LogP contribution in [0.1, 0.15) is 38.2 Å². The van der Waals surface area contributed by atoms with Crippen molar-refractivity contribution in [3.63, 3.8) is 0 Å². The third-order valence-corrected chi connectivity index (χ3v) is 7.53. The Hall–Kier alpha value is -3.54. The summed E-state index contributed by atoms with van der Waals surface area (Å²) in [5, 5.41) is 12.1. The molecule has 1 saturated heterocycles. The molecule has 0 aliphatic carbocycles. The summed E-state index contributed by atoms with van der Waals surface area (Å²) in [5.41, 5.74) is 1.67. The number of anilines is 2. The van der Waals surface area contributed by atoms with Crippen molar-refractivity contribution < 1.29 is 27.4 Å². The van der Waals surface area contributed by atoms with Crippen LogP contribution < -0.4 is 14.8 Å². The molecule has 9 nitrogen and oxygen atoms in total. The average Bonchev–Trinajstić information content (AvgIpc) is 2.93. The quantitative estimate of drug-likeness (QED) is 0.214. The predicted octanol–water partition coefficient (Wildman–Crippen LogP) is 6.42. The van der Waals surface area contributed by atoms with E-state index in [1.807, 2.05) is 29.2 Å². The molecule has 0 bridgehead atoms. The van der Waals surface area contributed by atoms with Crippen LogP contribution in [0.15, 0.2) is 66.7 Å². The number of rotatable bonds is 11. The predicted molar refractivity (Wildman–Crippen MR) is 166 cm³/mol. The molecule has 1 aliphatic heterocycles. The van der Waals surface area contributed by atoms with Gasteiger partial charge in [-0.05, 0) is 73.4 Å². The summed E-state index contributed by atoms with van der Waals surface area (Å²) in [7, 11) is -3.33. The van der Waals surface area contributed by atoms with Crippen molar-refractivity contribution in [3.8, 4) is 17.2 Å². The van der Waals surface area contributed by atoms with Gasteiger partial charge in [0.25, 0.3) is 0 Å². The molecule has 3 aromatic carbocycles. The minimum Gasteiger partial charge on any atom is -0.508 e. The number of ether oxygens (including phenoxy) is 1. The number of carbonyl (C=O) groups is 1. The van der Waals surface area contributed by atoms with Crippen molar-refractivity contribution >= 4 is 39.8 Å². The van der Waals surface area contributed by atoms with Gasteiger partial charge in [0.1, 0.15) is 23.1 Å². The molecule has 1 fully saturated rings. The summed E-state index contributed by atoms with van der Waals surface area (Å²) < 4.78 is 45.2. The summed E-state index contributed by atoms with van der Waals surface area (Å²) in [5.74, 6) is 0.427. The molecule has 42 heavy (non-hydrogen) atoms. The van der Waals surface area contributed by atoms with Crippen molar-refractivity contribution in [2.45, 2.75) is 45.2 Å². The normalized spacial score (nSPS) is 14.1. The number of piperidine rings is 1. The first kappa shape index (κ1) is 33.0. The molecule has 0 radical (unpaired) electrons. The van der Waals surface area contributed by atoms with Crippen LogP contribution in [0.2, 0.25) is 0 Å². The number of sulfonamides is 1. The number of benzene rings is 3. The van der Waals surface area contributed by atoms with Gasteiger partial charge in [-0.2, -0.15) is 0 Å². The maximum Gasteiger partial charge on any atom is 0.322 e. The highest BCUT2D eigenvalue weighted by atomic mass is 35.5. The van der Waals surface area contributed by atoms with Gasteiger partial charge < -0.3 is 20.1 Å². The van der Waals surface area contributed by atoms with E-state index in [4.69, 9.17) is 4.74 Å². The van der Waals surface area contributed by atoms with Gasteiger partial charge in [-0.3, -0.25) is 9.62 Å². The van der Waals surface area contributed by atoms with Crippen LogP contribution in [0.4, 0.5) is 20.6 Å². The third-order valence-electron chi connectivity index (χ3n) is 6.93. The maximum absolute atomic E-state index is 14.2. The van der Waals surface area contributed by atoms with Gasteiger partial charge >= 0.3 is 6.03 Å². The molecule has 0 spiro atoms. The van der Waals surface area contributed by atoms with Gasteiger partial charge in [-0.1, -0.05) is 25.5 Å². The number of unbranched alkanes of at least 4 members (excludes halogenated alkanes) is 1. The average molecular weight is 621 g/mol. The number of carbonyl (C=O) groups excluding carboxylic acids is 1. The second-order valence-electron chi connectivity index (χ2n) is 10.3. The Kier molecular flexibility index (Phi) is 11.8. The molecule has 2 amide bonds. The Morgan fingerprint density at radius 1 is 1.05 bits per heavy atom. The second kappa shape index (κ2) is 15.1. The molecule has 3 N–H and O–H groups in total. The molecule has 0 unspecified atom stereocenters. The maximum atomic E-state index is 14.2. The first-order valence-corrected chi connectivity index (χ1v) is 15.6. The van der Waals surface area contributed by atoms with Gasteiger partial charge in [0.05, 0.1) is 11.9 Å². The fourth-order valence-corrected chi connectivity index (χ4v) is 5.39. The highest BCUT2D eigenvalue weighted by molar-refractivity contribution is 7.92. The molecule has 228 valence electrons. The smallest absolute Gasteiger partial charge is 0.322 e. The number of urea groups is 1. The van der Waals surface area contributed by atoms with E-state index in [0.717, 1.165) is 63.2 Å². The van der Waals surface area contributed by atoms with E-state index in [9.17, 15) is 22.7 Å². The molecule has 1 aliphatic rings. The highest BCUT2D eigenvalue weighted by Crippen LogP contribution is 2.26. The number of hydrogen-bond donors (Lipinski definition) is 3. The number of aromatic hydroxyl groups is 1. The number of hydrogen-bond acceptors (Lipinski definition) is 6. The summed E-state index contributed by atoms with van der Waals surface area (Å²) >= 11 is 0. The van der Waals surface area contributed by atoms with E-state index in [0.29, 0.717) is 23.7 Å². The van der Waals surface area contributed by atoms with Crippen molar-refractivity contribution in [2.24, 2.45) is 0 Å². The minimum absolute atomic E-state index is 0. The van der Waals surface area contributed by atoms with Crippen molar-refractivity contribution in [1.29, 1.82) is 0 Å². The number of likely N-dealkylation sites (tertiary alicyclic amines) is 1. The molecule has 0 aromatic heterocycles. The van der Waals surface area contributed by atoms with Gasteiger partial charge in [-0.25, -0.2) is 17.6 Å². The molecule has 12 heteroatoms. The van der Waals surface area contributed by atoms with Crippen LogP contribution in [-0.2, 0) is 16.6 Å². The van der Waals surface area contributed by atoms with Crippen LogP contribution >= 0.6 is 12.4 Å². The van der Waals surface area contributed by atoms with E-state index >= 15 is 0 Å². The number of phenols is 1. The molecule has 0 atom stereocenters. The highest BCUT2D eigenvalue weighted by Gasteiger charge is 2.28. The minimum atomic E-state index is -3.33.